The van der Waals surface area contributed by atoms with Crippen molar-refractivity contribution in [2.75, 3.05) is 13.1 Å². The highest BCUT2D eigenvalue weighted by Crippen LogP contribution is 2.17. The van der Waals surface area contributed by atoms with Crippen LogP contribution in [0.1, 0.15) is 33.8 Å². The molecule has 2 aromatic heterocycles. The molecule has 0 bridgehead atoms. The fraction of sp³-hybridized carbons (Fsp3) is 0.333. The smallest absolute Gasteiger partial charge is 0.252 e. The Hall–Kier alpha value is -3.26. The average Bonchev–Trinajstić information content (AvgIpc) is 3.05. The number of nitrogens with one attached hydrogen (secondary N) is 2. The zero-order valence-corrected chi connectivity index (χ0v) is 16.4. The number of aromatic nitrogens is 2. The topological polar surface area (TPSA) is 117 Å². The van der Waals surface area contributed by atoms with Gasteiger partial charge in [0.1, 0.15) is 5.76 Å². The van der Waals surface area contributed by atoms with Crippen LogP contribution < -0.4 is 10.6 Å². The quantitative estimate of drug-likeness (QED) is 0.533. The lowest BCUT2D eigenvalue weighted by Gasteiger charge is -2.14. The van der Waals surface area contributed by atoms with Crippen LogP contribution in [0.3, 0.4) is 0 Å². The van der Waals surface area contributed by atoms with Crippen molar-refractivity contribution < 1.29 is 19.2 Å². The maximum atomic E-state index is 12.5. The van der Waals surface area contributed by atoms with Gasteiger partial charge in [-0.05, 0) is 37.8 Å². The van der Waals surface area contributed by atoms with Crippen LogP contribution in [0.2, 0.25) is 0 Å². The maximum absolute atomic E-state index is 12.5. The van der Waals surface area contributed by atoms with Crippen LogP contribution in [-0.4, -0.2) is 46.3 Å². The molecule has 3 rings (SSSR count). The number of pyridine rings is 1. The lowest BCUT2D eigenvalue weighted by molar-refractivity contribution is -0.121. The molecule has 1 unspecified atom stereocenters. The molecule has 0 saturated heterocycles. The van der Waals surface area contributed by atoms with Gasteiger partial charge in [-0.25, -0.2) is 0 Å². The summed E-state index contributed by atoms with van der Waals surface area (Å²) in [7, 11) is 0. The Morgan fingerprint density at radius 2 is 1.97 bits per heavy atom. The molecular weight excluding hydrogens is 372 g/mol. The number of benzene rings is 1. The normalized spacial score (nSPS) is 12.0. The van der Waals surface area contributed by atoms with E-state index in [1.807, 2.05) is 19.9 Å². The molecule has 0 aliphatic carbocycles. The first-order valence-electron chi connectivity index (χ1n) is 9.43. The van der Waals surface area contributed by atoms with Gasteiger partial charge in [0, 0.05) is 48.4 Å². The van der Waals surface area contributed by atoms with E-state index in [-0.39, 0.29) is 31.3 Å². The van der Waals surface area contributed by atoms with Crippen molar-refractivity contribution in [3.8, 4) is 0 Å². The van der Waals surface area contributed by atoms with Crippen molar-refractivity contribution in [3.05, 3.63) is 59.2 Å². The molecule has 0 spiro atoms. The molecule has 0 aliphatic rings. The molecule has 8 heteroatoms. The van der Waals surface area contributed by atoms with Gasteiger partial charge in [-0.3, -0.25) is 14.6 Å². The van der Waals surface area contributed by atoms with E-state index in [2.05, 4.69) is 20.8 Å². The van der Waals surface area contributed by atoms with Gasteiger partial charge in [0.2, 0.25) is 5.91 Å². The van der Waals surface area contributed by atoms with Crippen LogP contribution in [0.5, 0.6) is 0 Å². The van der Waals surface area contributed by atoms with Gasteiger partial charge in [-0.2, -0.15) is 0 Å². The molecular formula is C21H24N4O4. The molecule has 0 aliphatic heterocycles. The van der Waals surface area contributed by atoms with E-state index in [0.717, 1.165) is 22.0 Å². The molecule has 29 heavy (non-hydrogen) atoms. The van der Waals surface area contributed by atoms with Crippen LogP contribution >= 0.6 is 0 Å². The Labute approximate surface area is 168 Å². The van der Waals surface area contributed by atoms with Gasteiger partial charge in [0.05, 0.1) is 11.8 Å². The van der Waals surface area contributed by atoms with Crippen LogP contribution in [0.25, 0.3) is 10.8 Å². The summed E-state index contributed by atoms with van der Waals surface area (Å²) in [6.45, 7) is 3.74. The van der Waals surface area contributed by atoms with Crippen molar-refractivity contribution in [1.29, 1.82) is 0 Å². The molecule has 2 heterocycles. The number of nitrogens with zero attached hydrogens (tertiary/aromatic N) is 2. The number of aryl methyl sites for hydroxylation is 2. The van der Waals surface area contributed by atoms with Gasteiger partial charge in [-0.1, -0.05) is 17.3 Å². The van der Waals surface area contributed by atoms with Crippen molar-refractivity contribution in [2.24, 2.45) is 0 Å². The Morgan fingerprint density at radius 3 is 2.72 bits per heavy atom. The van der Waals surface area contributed by atoms with E-state index >= 15 is 0 Å². The van der Waals surface area contributed by atoms with Gasteiger partial charge in [0.25, 0.3) is 5.91 Å². The van der Waals surface area contributed by atoms with E-state index in [4.69, 9.17) is 4.52 Å². The Balaban J connectivity index is 1.44. The summed E-state index contributed by atoms with van der Waals surface area (Å²) in [6.07, 6.45) is 3.23. The van der Waals surface area contributed by atoms with Crippen molar-refractivity contribution >= 4 is 22.6 Å². The predicted octanol–water partition coefficient (Wildman–Crippen LogP) is 1.68. The summed E-state index contributed by atoms with van der Waals surface area (Å²) in [5.41, 5.74) is 2.22. The predicted molar refractivity (Wildman–Crippen MR) is 107 cm³/mol. The van der Waals surface area contributed by atoms with Crippen molar-refractivity contribution in [3.63, 3.8) is 0 Å². The Kier molecular flexibility index (Phi) is 6.56. The molecule has 0 saturated carbocycles. The molecule has 8 nitrogen and oxygen atoms in total. The number of carbonyl (C=O) groups is 2. The number of aliphatic hydroxyl groups excluding tert-OH is 1. The standard InChI is InChI=1S/C21H24N4O4/c1-13-17(14(2)29-25-13)6-7-20(27)23-11-16(26)12-24-21(28)19-5-3-4-15-10-22-9-8-18(15)19/h3-5,8-10,16,26H,6-7,11-12H2,1-2H3,(H,23,27)(H,24,28). The largest absolute Gasteiger partial charge is 0.389 e. The third-order valence-electron chi connectivity index (χ3n) is 4.74. The fourth-order valence-corrected chi connectivity index (χ4v) is 3.12. The minimum Gasteiger partial charge on any atom is -0.389 e. The number of fused-ring (bicyclic) bond motifs is 1. The van der Waals surface area contributed by atoms with E-state index in [1.165, 1.54) is 0 Å². The number of aliphatic hydroxyl groups is 1. The van der Waals surface area contributed by atoms with Crippen molar-refractivity contribution in [2.45, 2.75) is 32.8 Å². The molecule has 1 atom stereocenters. The molecule has 0 radical (unpaired) electrons. The first-order valence-corrected chi connectivity index (χ1v) is 9.43. The number of hydrogen-bond donors (Lipinski definition) is 3. The van der Waals surface area contributed by atoms with Crippen molar-refractivity contribution in [1.82, 2.24) is 20.8 Å². The van der Waals surface area contributed by atoms with Gasteiger partial charge in [-0.15, -0.1) is 0 Å². The number of carbonyl (C=O) groups excluding carboxylic acids is 2. The highest BCUT2D eigenvalue weighted by molar-refractivity contribution is 6.06. The zero-order valence-electron chi connectivity index (χ0n) is 16.4. The average molecular weight is 396 g/mol. The molecule has 1 aromatic carbocycles. The van der Waals surface area contributed by atoms with E-state index in [0.29, 0.717) is 17.7 Å². The summed E-state index contributed by atoms with van der Waals surface area (Å²) < 4.78 is 5.08. The highest BCUT2D eigenvalue weighted by Gasteiger charge is 2.14. The Bertz CT molecular complexity index is 990. The molecule has 3 aromatic rings. The van der Waals surface area contributed by atoms with Crippen LogP contribution in [-0.2, 0) is 11.2 Å². The second-order valence-corrected chi connectivity index (χ2v) is 6.87. The van der Waals surface area contributed by atoms with Crippen LogP contribution in [0.15, 0.2) is 41.2 Å². The molecule has 2 amide bonds. The van der Waals surface area contributed by atoms with Crippen LogP contribution in [0.4, 0.5) is 0 Å². The summed E-state index contributed by atoms with van der Waals surface area (Å²) in [4.78, 5) is 28.5. The van der Waals surface area contributed by atoms with E-state index in [9.17, 15) is 14.7 Å². The third kappa shape index (κ3) is 5.17. The fourth-order valence-electron chi connectivity index (χ4n) is 3.12. The second kappa shape index (κ2) is 9.29. The number of rotatable bonds is 8. The van der Waals surface area contributed by atoms with E-state index in [1.54, 1.807) is 30.6 Å². The Morgan fingerprint density at radius 1 is 1.17 bits per heavy atom. The summed E-state index contributed by atoms with van der Waals surface area (Å²) in [5, 5.41) is 21.0. The number of hydrogen-bond acceptors (Lipinski definition) is 6. The monoisotopic (exact) mass is 396 g/mol. The number of amides is 2. The minimum absolute atomic E-state index is 0.0322. The first kappa shape index (κ1) is 20.5. The third-order valence-corrected chi connectivity index (χ3v) is 4.74. The second-order valence-electron chi connectivity index (χ2n) is 6.87. The van der Waals surface area contributed by atoms with Gasteiger partial charge in [0.15, 0.2) is 0 Å². The highest BCUT2D eigenvalue weighted by atomic mass is 16.5. The molecule has 152 valence electrons. The molecule has 0 fully saturated rings. The minimum atomic E-state index is -0.890. The molecule has 3 N–H and O–H groups in total. The zero-order chi connectivity index (χ0) is 20.8. The summed E-state index contributed by atoms with van der Waals surface area (Å²) in [6, 6.07) is 7.17. The summed E-state index contributed by atoms with van der Waals surface area (Å²) in [5.74, 6) is 0.241. The SMILES string of the molecule is Cc1noc(C)c1CCC(=O)NCC(O)CNC(=O)c1cccc2cnccc12. The lowest BCUT2D eigenvalue weighted by Crippen LogP contribution is -2.40. The maximum Gasteiger partial charge on any atom is 0.252 e. The van der Waals surface area contributed by atoms with Gasteiger partial charge >= 0.3 is 0 Å². The summed E-state index contributed by atoms with van der Waals surface area (Å²) >= 11 is 0. The van der Waals surface area contributed by atoms with E-state index < -0.39 is 6.10 Å². The van der Waals surface area contributed by atoms with Gasteiger partial charge < -0.3 is 20.3 Å². The van der Waals surface area contributed by atoms with Crippen LogP contribution in [0, 0.1) is 13.8 Å². The first-order chi connectivity index (χ1) is 14.0. The lowest BCUT2D eigenvalue weighted by atomic mass is 10.1.